The molecule has 3 aromatic heterocycles. The molecule has 1 unspecified atom stereocenters. The molecule has 184 valence electrons. The molecule has 0 spiro atoms. The van der Waals surface area contributed by atoms with E-state index in [-0.39, 0.29) is 55.8 Å². The van der Waals surface area contributed by atoms with E-state index in [1.165, 1.54) is 19.2 Å². The minimum absolute atomic E-state index is 0.0271. The van der Waals surface area contributed by atoms with Crippen LogP contribution in [0.25, 0.3) is 32.4 Å². The van der Waals surface area contributed by atoms with E-state index in [0.717, 1.165) is 30.5 Å². The Labute approximate surface area is 201 Å². The number of nitrogens with two attached hydrogens (primary N) is 1. The van der Waals surface area contributed by atoms with Crippen molar-refractivity contribution in [1.82, 2.24) is 19.7 Å². The van der Waals surface area contributed by atoms with Gasteiger partial charge < -0.3 is 15.2 Å². The fourth-order valence-corrected chi connectivity index (χ4v) is 5.58. The average Bonchev–Trinajstić information content (AvgIpc) is 3.38. The second kappa shape index (κ2) is 8.76. The summed E-state index contributed by atoms with van der Waals surface area (Å²) in [7, 11) is 0. The largest absolute Gasteiger partial charge is 0.462 e. The van der Waals surface area contributed by atoms with E-state index >= 15 is 0 Å². The zero-order valence-electron chi connectivity index (χ0n) is 19.0. The van der Waals surface area contributed by atoms with Crippen molar-refractivity contribution >= 4 is 43.4 Å². The highest BCUT2D eigenvalue weighted by molar-refractivity contribution is 7.23. The number of hydrogen-bond donors (Lipinski definition) is 1. The molecule has 0 radical (unpaired) electrons. The van der Waals surface area contributed by atoms with Crippen molar-refractivity contribution in [3.8, 4) is 11.3 Å². The fraction of sp³-hybridized carbons (Fsp3) is 0.391. The fourth-order valence-electron chi connectivity index (χ4n) is 4.58. The van der Waals surface area contributed by atoms with Crippen LogP contribution >= 0.6 is 11.3 Å². The Kier molecular flexibility index (Phi) is 5.88. The molecule has 0 amide bonds. The van der Waals surface area contributed by atoms with Crippen LogP contribution in [0.1, 0.15) is 53.9 Å². The molecule has 1 aliphatic rings. The first-order chi connectivity index (χ1) is 16.7. The van der Waals surface area contributed by atoms with Gasteiger partial charge in [-0.25, -0.2) is 19.4 Å². The third-order valence-electron chi connectivity index (χ3n) is 6.03. The number of carbonyl (C=O) groups is 1. The number of aromatic nitrogens is 4. The number of benzene rings is 1. The molecule has 1 aliphatic heterocycles. The Morgan fingerprint density at radius 3 is 2.83 bits per heavy atom. The Morgan fingerprint density at radius 1 is 1.34 bits per heavy atom. The number of thiophene rings is 1. The van der Waals surface area contributed by atoms with Gasteiger partial charge in [0.1, 0.15) is 22.4 Å². The molecule has 2 N–H and O–H groups in total. The van der Waals surface area contributed by atoms with Crippen LogP contribution in [0.4, 0.5) is 18.2 Å². The predicted octanol–water partition coefficient (Wildman–Crippen LogP) is 5.49. The summed E-state index contributed by atoms with van der Waals surface area (Å²) in [5, 5.41) is 4.79. The molecular formula is C23H22F3N5O3S. The Hall–Kier alpha value is -3.25. The van der Waals surface area contributed by atoms with Gasteiger partial charge in [-0.3, -0.25) is 0 Å². The number of rotatable bonds is 4. The second-order valence-corrected chi connectivity index (χ2v) is 9.30. The lowest BCUT2D eigenvalue weighted by Crippen LogP contribution is -2.19. The number of alkyl halides is 3. The van der Waals surface area contributed by atoms with Gasteiger partial charge >= 0.3 is 12.1 Å². The van der Waals surface area contributed by atoms with Gasteiger partial charge in [0.25, 0.3) is 0 Å². The van der Waals surface area contributed by atoms with Gasteiger partial charge in [-0.2, -0.15) is 18.3 Å². The highest BCUT2D eigenvalue weighted by Crippen LogP contribution is 2.47. The third kappa shape index (κ3) is 3.90. The first-order valence-electron chi connectivity index (χ1n) is 11.1. The lowest BCUT2D eigenvalue weighted by Gasteiger charge is -2.24. The zero-order chi connectivity index (χ0) is 24.9. The summed E-state index contributed by atoms with van der Waals surface area (Å²) in [6, 6.07) is 1.48. The predicted molar refractivity (Wildman–Crippen MR) is 125 cm³/mol. The first kappa shape index (κ1) is 23.5. The topological polar surface area (TPSA) is 105 Å². The van der Waals surface area contributed by atoms with Crippen molar-refractivity contribution in [2.75, 3.05) is 18.9 Å². The van der Waals surface area contributed by atoms with E-state index < -0.39 is 17.7 Å². The minimum atomic E-state index is -4.67. The van der Waals surface area contributed by atoms with Crippen molar-refractivity contribution in [3.05, 3.63) is 35.3 Å². The maximum atomic E-state index is 14.4. The standard InChI is InChI=1S/C23H22F3N5O3S/c1-3-33-22(32)16-19-20(35-21(16)27)18(28-10-29-19)15-12-9-30-31(14-6-4-5-7-34-14)13(12)8-11(2)17(15)23(24,25)26/h8-10,14H,3-7,27H2,1-2H3. The zero-order valence-corrected chi connectivity index (χ0v) is 19.8. The van der Waals surface area contributed by atoms with Gasteiger partial charge in [0.15, 0.2) is 6.23 Å². The molecule has 1 atom stereocenters. The summed E-state index contributed by atoms with van der Waals surface area (Å²) in [6.07, 6.45) is 0.110. The number of hydrogen-bond acceptors (Lipinski definition) is 8. The Morgan fingerprint density at radius 2 is 2.14 bits per heavy atom. The second-order valence-electron chi connectivity index (χ2n) is 8.25. The first-order valence-corrected chi connectivity index (χ1v) is 11.9. The minimum Gasteiger partial charge on any atom is -0.462 e. The number of halogens is 3. The molecule has 1 aromatic carbocycles. The van der Waals surface area contributed by atoms with Crippen molar-refractivity contribution in [3.63, 3.8) is 0 Å². The lowest BCUT2D eigenvalue weighted by atomic mass is 9.94. The molecule has 4 aromatic rings. The van der Waals surface area contributed by atoms with E-state index in [1.807, 2.05) is 0 Å². The maximum absolute atomic E-state index is 14.4. The van der Waals surface area contributed by atoms with Gasteiger partial charge in [-0.05, 0) is 44.7 Å². The van der Waals surface area contributed by atoms with Crippen molar-refractivity contribution in [2.24, 2.45) is 0 Å². The summed E-state index contributed by atoms with van der Waals surface area (Å²) in [5.41, 5.74) is 5.90. The molecular weight excluding hydrogens is 483 g/mol. The summed E-state index contributed by atoms with van der Waals surface area (Å²) in [5.74, 6) is -0.686. The van der Waals surface area contributed by atoms with E-state index in [0.29, 0.717) is 18.5 Å². The van der Waals surface area contributed by atoms with Crippen molar-refractivity contribution < 1.29 is 27.4 Å². The maximum Gasteiger partial charge on any atom is 0.417 e. The number of carbonyl (C=O) groups excluding carboxylic acids is 1. The number of ether oxygens (including phenoxy) is 2. The van der Waals surface area contributed by atoms with Crippen LogP contribution in [0.15, 0.2) is 18.6 Å². The molecule has 5 rings (SSSR count). The lowest BCUT2D eigenvalue weighted by molar-refractivity contribution is -0.137. The van der Waals surface area contributed by atoms with E-state index in [2.05, 4.69) is 15.1 Å². The summed E-state index contributed by atoms with van der Waals surface area (Å²) < 4.78 is 56.0. The Bertz CT molecular complexity index is 1440. The molecule has 0 saturated carbocycles. The van der Waals surface area contributed by atoms with E-state index in [4.69, 9.17) is 15.2 Å². The van der Waals surface area contributed by atoms with Gasteiger partial charge in [0.05, 0.1) is 34.3 Å². The van der Waals surface area contributed by atoms with Crippen LogP contribution in [0.2, 0.25) is 0 Å². The number of nitrogen functional groups attached to an aromatic ring is 1. The van der Waals surface area contributed by atoms with Crippen molar-refractivity contribution in [1.29, 1.82) is 0 Å². The molecule has 1 fully saturated rings. The van der Waals surface area contributed by atoms with Gasteiger partial charge in [0, 0.05) is 17.6 Å². The van der Waals surface area contributed by atoms with E-state index in [1.54, 1.807) is 11.6 Å². The summed E-state index contributed by atoms with van der Waals surface area (Å²) in [4.78, 5) is 20.9. The Balaban J connectivity index is 1.82. The smallest absolute Gasteiger partial charge is 0.417 e. The molecule has 1 saturated heterocycles. The monoisotopic (exact) mass is 505 g/mol. The molecule has 12 heteroatoms. The van der Waals surface area contributed by atoms with Crippen LogP contribution in [0, 0.1) is 6.92 Å². The van der Waals surface area contributed by atoms with Crippen LogP contribution in [-0.2, 0) is 15.7 Å². The molecule has 8 nitrogen and oxygen atoms in total. The van der Waals surface area contributed by atoms with Crippen LogP contribution in [0.5, 0.6) is 0 Å². The highest BCUT2D eigenvalue weighted by Gasteiger charge is 2.39. The number of nitrogens with zero attached hydrogens (tertiary/aromatic N) is 4. The van der Waals surface area contributed by atoms with Gasteiger partial charge in [-0.1, -0.05) is 0 Å². The molecule has 0 bridgehead atoms. The number of esters is 1. The van der Waals surface area contributed by atoms with Crippen LogP contribution in [-0.4, -0.2) is 38.9 Å². The molecule has 4 heterocycles. The number of aryl methyl sites for hydroxylation is 1. The third-order valence-corrected chi connectivity index (χ3v) is 7.04. The van der Waals surface area contributed by atoms with Crippen LogP contribution < -0.4 is 5.73 Å². The van der Waals surface area contributed by atoms with E-state index in [9.17, 15) is 18.0 Å². The SMILES string of the molecule is CCOC(=O)c1c(N)sc2c(-c3c(C(F)(F)F)c(C)cc4c3cnn4C3CCCCO3)ncnc12. The van der Waals surface area contributed by atoms with Gasteiger partial charge in [-0.15, -0.1) is 11.3 Å². The van der Waals surface area contributed by atoms with Crippen LogP contribution in [0.3, 0.4) is 0 Å². The normalized spacial score (nSPS) is 16.8. The van der Waals surface area contributed by atoms with Gasteiger partial charge in [0.2, 0.25) is 0 Å². The van der Waals surface area contributed by atoms with Crippen molar-refractivity contribution in [2.45, 2.75) is 45.5 Å². The quantitative estimate of drug-likeness (QED) is 0.366. The number of anilines is 1. The number of fused-ring (bicyclic) bond motifs is 2. The average molecular weight is 506 g/mol. The molecule has 0 aliphatic carbocycles. The summed E-state index contributed by atoms with van der Waals surface area (Å²) in [6.45, 7) is 3.74. The highest BCUT2D eigenvalue weighted by atomic mass is 32.1. The summed E-state index contributed by atoms with van der Waals surface area (Å²) >= 11 is 0.956. The molecule has 35 heavy (non-hydrogen) atoms.